The van der Waals surface area contributed by atoms with Gasteiger partial charge in [0.1, 0.15) is 6.04 Å². The van der Waals surface area contributed by atoms with Gasteiger partial charge < -0.3 is 9.73 Å². The Kier molecular flexibility index (Phi) is 6.21. The molecule has 2 aromatic carbocycles. The first-order chi connectivity index (χ1) is 15.0. The highest BCUT2D eigenvalue weighted by atomic mass is 16.3. The van der Waals surface area contributed by atoms with E-state index >= 15 is 0 Å². The first-order valence-corrected chi connectivity index (χ1v) is 10.8. The summed E-state index contributed by atoms with van der Waals surface area (Å²) in [6.45, 7) is 3.95. The maximum Gasteiger partial charge on any atom is 0.294 e. The molecule has 1 saturated carbocycles. The summed E-state index contributed by atoms with van der Waals surface area (Å²) in [5.74, 6) is -0.306. The maximum absolute atomic E-state index is 13.6. The summed E-state index contributed by atoms with van der Waals surface area (Å²) in [6, 6.07) is 18.1. The molecule has 0 unspecified atom stereocenters. The van der Waals surface area contributed by atoms with Gasteiger partial charge in [-0.05, 0) is 56.0 Å². The number of furan rings is 1. The molecule has 4 rings (SSSR count). The molecule has 5 heteroatoms. The third kappa shape index (κ3) is 4.55. The van der Waals surface area contributed by atoms with E-state index in [4.69, 9.17) is 4.42 Å². The van der Waals surface area contributed by atoms with Crippen molar-refractivity contribution in [3.8, 4) is 0 Å². The molecule has 160 valence electrons. The Hall–Kier alpha value is -3.34. The van der Waals surface area contributed by atoms with Crippen molar-refractivity contribution in [2.75, 3.05) is 4.90 Å². The van der Waals surface area contributed by atoms with Crippen LogP contribution in [0.4, 0.5) is 5.69 Å². The average Bonchev–Trinajstić information content (AvgIpc) is 3.47. The molecule has 1 aliphatic carbocycles. The second-order valence-electron chi connectivity index (χ2n) is 8.24. The number of nitrogens with one attached hydrogen (secondary N) is 1. The molecule has 1 heterocycles. The second-order valence-corrected chi connectivity index (χ2v) is 8.24. The van der Waals surface area contributed by atoms with E-state index in [9.17, 15) is 9.59 Å². The predicted octanol–water partition coefficient (Wildman–Crippen LogP) is 5.34. The number of rotatable bonds is 6. The quantitative estimate of drug-likeness (QED) is 0.590. The van der Waals surface area contributed by atoms with Crippen LogP contribution >= 0.6 is 0 Å². The van der Waals surface area contributed by atoms with Gasteiger partial charge in [-0.15, -0.1) is 0 Å². The number of carbonyl (C=O) groups is 2. The topological polar surface area (TPSA) is 62.6 Å². The van der Waals surface area contributed by atoms with Gasteiger partial charge in [0, 0.05) is 11.7 Å². The zero-order chi connectivity index (χ0) is 21.8. The first kappa shape index (κ1) is 20.9. The summed E-state index contributed by atoms with van der Waals surface area (Å²) in [7, 11) is 0. The van der Waals surface area contributed by atoms with Crippen LogP contribution in [0, 0.1) is 13.8 Å². The van der Waals surface area contributed by atoms with Gasteiger partial charge in [0.2, 0.25) is 5.91 Å². The van der Waals surface area contributed by atoms with Crippen LogP contribution in [-0.2, 0) is 4.79 Å². The van der Waals surface area contributed by atoms with Gasteiger partial charge in [-0.25, -0.2) is 0 Å². The molecule has 0 spiro atoms. The first-order valence-electron chi connectivity index (χ1n) is 10.8. The summed E-state index contributed by atoms with van der Waals surface area (Å²) in [5, 5.41) is 3.20. The maximum atomic E-state index is 13.6. The Balaban J connectivity index is 1.82. The third-order valence-corrected chi connectivity index (χ3v) is 5.93. The molecule has 3 aromatic rings. The van der Waals surface area contributed by atoms with Crippen LogP contribution < -0.4 is 10.2 Å². The fraction of sp³-hybridized carbons (Fsp3) is 0.308. The lowest BCUT2D eigenvalue weighted by atomic mass is 10.00. The van der Waals surface area contributed by atoms with E-state index in [1.165, 1.54) is 6.26 Å². The number of para-hydroxylation sites is 1. The van der Waals surface area contributed by atoms with Gasteiger partial charge in [0.25, 0.3) is 5.91 Å². The number of nitrogens with zero attached hydrogens (tertiary/aromatic N) is 1. The van der Waals surface area contributed by atoms with E-state index in [1.54, 1.807) is 17.0 Å². The Morgan fingerprint density at radius 3 is 2.32 bits per heavy atom. The van der Waals surface area contributed by atoms with Crippen molar-refractivity contribution in [1.82, 2.24) is 5.32 Å². The van der Waals surface area contributed by atoms with Gasteiger partial charge in [0.15, 0.2) is 5.76 Å². The Morgan fingerprint density at radius 1 is 0.968 bits per heavy atom. The normalized spacial score (nSPS) is 14.9. The van der Waals surface area contributed by atoms with E-state index in [1.807, 2.05) is 62.4 Å². The molecular weight excluding hydrogens is 388 g/mol. The molecule has 1 atom stereocenters. The average molecular weight is 417 g/mol. The summed E-state index contributed by atoms with van der Waals surface area (Å²) in [5.41, 5.74) is 3.46. The zero-order valence-corrected chi connectivity index (χ0v) is 18.0. The number of amides is 2. The van der Waals surface area contributed by atoms with Crippen molar-refractivity contribution in [3.63, 3.8) is 0 Å². The van der Waals surface area contributed by atoms with Crippen LogP contribution in [0.5, 0.6) is 0 Å². The summed E-state index contributed by atoms with van der Waals surface area (Å²) < 4.78 is 5.43. The molecule has 1 aliphatic rings. The standard InChI is InChI=1S/C26H28N2O3/c1-18-13-15-20(16-14-18)24(25(29)27-21-9-4-5-10-21)28(22-11-6-3-8-19(22)2)26(30)23-12-7-17-31-23/h3,6-8,11-17,21,24H,4-5,9-10H2,1-2H3,(H,27,29)/t24-/m1/s1. The summed E-state index contributed by atoms with van der Waals surface area (Å²) in [6.07, 6.45) is 5.66. The van der Waals surface area contributed by atoms with Crippen molar-refractivity contribution < 1.29 is 14.0 Å². The molecule has 1 N–H and O–H groups in total. The van der Waals surface area contributed by atoms with Crippen molar-refractivity contribution in [1.29, 1.82) is 0 Å². The van der Waals surface area contributed by atoms with Crippen LogP contribution in [0.1, 0.15) is 59.0 Å². The number of aryl methyl sites for hydroxylation is 2. The Bertz CT molecular complexity index is 1030. The predicted molar refractivity (Wildman–Crippen MR) is 121 cm³/mol. The minimum atomic E-state index is -0.806. The van der Waals surface area contributed by atoms with E-state index in [-0.39, 0.29) is 23.6 Å². The van der Waals surface area contributed by atoms with E-state index in [2.05, 4.69) is 5.32 Å². The molecule has 0 bridgehead atoms. The molecule has 0 radical (unpaired) electrons. The Labute approximate surface area is 183 Å². The van der Waals surface area contributed by atoms with Crippen LogP contribution in [0.25, 0.3) is 0 Å². The largest absolute Gasteiger partial charge is 0.459 e. The minimum absolute atomic E-state index is 0.151. The van der Waals surface area contributed by atoms with Crippen molar-refractivity contribution in [2.45, 2.75) is 51.6 Å². The van der Waals surface area contributed by atoms with E-state index < -0.39 is 6.04 Å². The minimum Gasteiger partial charge on any atom is -0.459 e. The SMILES string of the molecule is Cc1ccc([C@H](C(=O)NC2CCCC2)N(C(=O)c2ccco2)c2ccccc2C)cc1. The molecule has 31 heavy (non-hydrogen) atoms. The smallest absolute Gasteiger partial charge is 0.294 e. The lowest BCUT2D eigenvalue weighted by molar-refractivity contribution is -0.123. The van der Waals surface area contributed by atoms with Gasteiger partial charge in [-0.3, -0.25) is 14.5 Å². The van der Waals surface area contributed by atoms with Gasteiger partial charge in [0.05, 0.1) is 6.26 Å². The van der Waals surface area contributed by atoms with Crippen LogP contribution in [0.3, 0.4) is 0 Å². The Morgan fingerprint density at radius 2 is 1.68 bits per heavy atom. The molecule has 1 aromatic heterocycles. The number of hydrogen-bond donors (Lipinski definition) is 1. The molecule has 1 fully saturated rings. The second kappa shape index (κ2) is 9.21. The number of anilines is 1. The molecular formula is C26H28N2O3. The van der Waals surface area contributed by atoms with Crippen LogP contribution in [0.15, 0.2) is 71.3 Å². The zero-order valence-electron chi connectivity index (χ0n) is 18.0. The van der Waals surface area contributed by atoms with Gasteiger partial charge >= 0.3 is 0 Å². The molecule has 0 saturated heterocycles. The van der Waals surface area contributed by atoms with Crippen LogP contribution in [0.2, 0.25) is 0 Å². The third-order valence-electron chi connectivity index (χ3n) is 5.93. The lowest BCUT2D eigenvalue weighted by Crippen LogP contribution is -2.46. The van der Waals surface area contributed by atoms with Crippen molar-refractivity contribution in [2.24, 2.45) is 0 Å². The number of benzene rings is 2. The fourth-order valence-corrected chi connectivity index (χ4v) is 4.24. The van der Waals surface area contributed by atoms with Crippen molar-refractivity contribution in [3.05, 3.63) is 89.4 Å². The van der Waals surface area contributed by atoms with Gasteiger partial charge in [-0.1, -0.05) is 60.9 Å². The summed E-state index contributed by atoms with van der Waals surface area (Å²) in [4.78, 5) is 28.9. The number of hydrogen-bond acceptors (Lipinski definition) is 3. The molecule has 5 nitrogen and oxygen atoms in total. The monoisotopic (exact) mass is 416 g/mol. The van der Waals surface area contributed by atoms with Crippen LogP contribution in [-0.4, -0.2) is 17.9 Å². The van der Waals surface area contributed by atoms with Crippen molar-refractivity contribution >= 4 is 17.5 Å². The van der Waals surface area contributed by atoms with E-state index in [0.29, 0.717) is 5.69 Å². The highest BCUT2D eigenvalue weighted by Crippen LogP contribution is 2.33. The molecule has 0 aliphatic heterocycles. The number of carbonyl (C=O) groups excluding carboxylic acids is 2. The van der Waals surface area contributed by atoms with Gasteiger partial charge in [-0.2, -0.15) is 0 Å². The molecule has 2 amide bonds. The highest BCUT2D eigenvalue weighted by molar-refractivity contribution is 6.09. The lowest BCUT2D eigenvalue weighted by Gasteiger charge is -2.32. The fourth-order valence-electron chi connectivity index (χ4n) is 4.24. The highest BCUT2D eigenvalue weighted by Gasteiger charge is 2.36. The summed E-state index contributed by atoms with van der Waals surface area (Å²) >= 11 is 0. The van der Waals surface area contributed by atoms with E-state index in [0.717, 1.165) is 42.4 Å².